The molecule has 88 valence electrons. The van der Waals surface area contributed by atoms with Crippen LogP contribution < -0.4 is 5.32 Å². The first-order chi connectivity index (χ1) is 7.63. The molecule has 0 aromatic heterocycles. The maximum absolute atomic E-state index is 10.4. The number of nitrogens with one attached hydrogen (secondary N) is 1. The molecule has 1 aromatic carbocycles. The molecule has 0 bridgehead atoms. The number of benzene rings is 1. The second-order valence-corrected chi connectivity index (χ2v) is 5.00. The molecule has 0 saturated heterocycles. The molecule has 1 aliphatic rings. The van der Waals surface area contributed by atoms with Crippen molar-refractivity contribution in [2.45, 2.75) is 51.2 Å². The van der Waals surface area contributed by atoms with Gasteiger partial charge in [0.1, 0.15) is 0 Å². The minimum absolute atomic E-state index is 0.183. The Morgan fingerprint density at radius 3 is 2.94 bits per heavy atom. The van der Waals surface area contributed by atoms with E-state index in [1.54, 1.807) is 0 Å². The Kier molecular flexibility index (Phi) is 3.20. The Morgan fingerprint density at radius 1 is 1.44 bits per heavy atom. The zero-order valence-electron chi connectivity index (χ0n) is 10.2. The first kappa shape index (κ1) is 11.5. The third-order valence-corrected chi connectivity index (χ3v) is 3.56. The van der Waals surface area contributed by atoms with Crippen molar-refractivity contribution in [1.82, 2.24) is 0 Å². The number of hydrogen-bond donors (Lipinski definition) is 2. The van der Waals surface area contributed by atoms with Gasteiger partial charge < -0.3 is 10.4 Å². The Morgan fingerprint density at radius 2 is 2.19 bits per heavy atom. The van der Waals surface area contributed by atoms with Crippen LogP contribution in [0, 0.1) is 0 Å². The molecule has 0 aliphatic carbocycles. The summed E-state index contributed by atoms with van der Waals surface area (Å²) in [5.41, 5.74) is 1.96. The fourth-order valence-electron chi connectivity index (χ4n) is 2.59. The summed E-state index contributed by atoms with van der Waals surface area (Å²) >= 11 is 0. The Labute approximate surface area is 97.7 Å². The van der Waals surface area contributed by atoms with Crippen molar-refractivity contribution in [2.75, 3.05) is 5.32 Å². The molecule has 0 spiro atoms. The SMILES string of the molecule is CCCC(C)(O)C1CCc2ccccc2N1. The summed E-state index contributed by atoms with van der Waals surface area (Å²) in [7, 11) is 0. The molecule has 1 heterocycles. The molecule has 2 nitrogen and oxygen atoms in total. The zero-order valence-corrected chi connectivity index (χ0v) is 10.2. The lowest BCUT2D eigenvalue weighted by molar-refractivity contribution is 0.0268. The summed E-state index contributed by atoms with van der Waals surface area (Å²) in [4.78, 5) is 0. The van der Waals surface area contributed by atoms with E-state index >= 15 is 0 Å². The molecule has 0 saturated carbocycles. The van der Waals surface area contributed by atoms with Gasteiger partial charge in [-0.05, 0) is 37.8 Å². The number of aliphatic hydroxyl groups is 1. The number of aryl methyl sites for hydroxylation is 1. The predicted octanol–water partition coefficient (Wildman–Crippen LogP) is 2.96. The maximum Gasteiger partial charge on any atom is 0.0819 e. The van der Waals surface area contributed by atoms with Crippen molar-refractivity contribution in [3.05, 3.63) is 29.8 Å². The number of para-hydroxylation sites is 1. The van der Waals surface area contributed by atoms with Gasteiger partial charge in [-0.15, -0.1) is 0 Å². The highest BCUT2D eigenvalue weighted by atomic mass is 16.3. The van der Waals surface area contributed by atoms with Crippen molar-refractivity contribution >= 4 is 5.69 Å². The van der Waals surface area contributed by atoms with Crippen LogP contribution in [0.1, 0.15) is 38.7 Å². The fourth-order valence-corrected chi connectivity index (χ4v) is 2.59. The standard InChI is InChI=1S/C14H21NO/c1-3-10-14(2,16)13-9-8-11-6-4-5-7-12(11)15-13/h4-7,13,15-16H,3,8-10H2,1-2H3. The molecule has 2 heteroatoms. The molecule has 2 rings (SSSR count). The summed E-state index contributed by atoms with van der Waals surface area (Å²) < 4.78 is 0. The number of anilines is 1. The number of fused-ring (bicyclic) bond motifs is 1. The Balaban J connectivity index is 2.13. The van der Waals surface area contributed by atoms with Gasteiger partial charge in [0.25, 0.3) is 0 Å². The van der Waals surface area contributed by atoms with Gasteiger partial charge in [0.2, 0.25) is 0 Å². The van der Waals surface area contributed by atoms with Gasteiger partial charge in [0, 0.05) is 5.69 Å². The molecule has 2 unspecified atom stereocenters. The molecule has 2 N–H and O–H groups in total. The smallest absolute Gasteiger partial charge is 0.0819 e. The molecular formula is C14H21NO. The lowest BCUT2D eigenvalue weighted by atomic mass is 9.84. The number of hydrogen-bond acceptors (Lipinski definition) is 2. The molecule has 2 atom stereocenters. The van der Waals surface area contributed by atoms with Crippen LogP contribution in [0.3, 0.4) is 0 Å². The van der Waals surface area contributed by atoms with Gasteiger partial charge in [-0.3, -0.25) is 0 Å². The molecule has 16 heavy (non-hydrogen) atoms. The van der Waals surface area contributed by atoms with Gasteiger partial charge in [-0.2, -0.15) is 0 Å². The van der Waals surface area contributed by atoms with E-state index < -0.39 is 5.60 Å². The van der Waals surface area contributed by atoms with Crippen molar-refractivity contribution in [3.8, 4) is 0 Å². The van der Waals surface area contributed by atoms with Crippen LogP contribution in [0.5, 0.6) is 0 Å². The van der Waals surface area contributed by atoms with E-state index in [-0.39, 0.29) is 6.04 Å². The summed E-state index contributed by atoms with van der Waals surface area (Å²) in [5, 5.41) is 13.9. The lowest BCUT2D eigenvalue weighted by Crippen LogP contribution is -2.46. The largest absolute Gasteiger partial charge is 0.388 e. The van der Waals surface area contributed by atoms with Gasteiger partial charge >= 0.3 is 0 Å². The van der Waals surface area contributed by atoms with E-state index in [1.165, 1.54) is 11.3 Å². The summed E-state index contributed by atoms with van der Waals surface area (Å²) in [6.45, 7) is 4.06. The molecule has 0 amide bonds. The fraction of sp³-hybridized carbons (Fsp3) is 0.571. The van der Waals surface area contributed by atoms with E-state index in [9.17, 15) is 5.11 Å². The van der Waals surface area contributed by atoms with E-state index in [2.05, 4.69) is 30.4 Å². The minimum atomic E-state index is -0.595. The Hall–Kier alpha value is -1.02. The van der Waals surface area contributed by atoms with E-state index in [0.29, 0.717) is 0 Å². The highest BCUT2D eigenvalue weighted by Crippen LogP contribution is 2.30. The summed E-state index contributed by atoms with van der Waals surface area (Å²) in [6, 6.07) is 8.56. The van der Waals surface area contributed by atoms with Crippen LogP contribution >= 0.6 is 0 Å². The third-order valence-electron chi connectivity index (χ3n) is 3.56. The monoisotopic (exact) mass is 219 g/mol. The predicted molar refractivity (Wildman–Crippen MR) is 67.7 cm³/mol. The first-order valence-corrected chi connectivity index (χ1v) is 6.20. The van der Waals surface area contributed by atoms with Gasteiger partial charge in [0.05, 0.1) is 11.6 Å². The summed E-state index contributed by atoms with van der Waals surface area (Å²) in [6.07, 6.45) is 3.96. The number of rotatable bonds is 3. The Bertz CT molecular complexity index is 360. The van der Waals surface area contributed by atoms with Crippen molar-refractivity contribution in [1.29, 1.82) is 0 Å². The normalized spacial score (nSPS) is 23.1. The molecule has 0 fully saturated rings. The van der Waals surface area contributed by atoms with Crippen LogP contribution in [0.2, 0.25) is 0 Å². The molecule has 0 radical (unpaired) electrons. The van der Waals surface area contributed by atoms with Crippen LogP contribution in [-0.2, 0) is 6.42 Å². The molecule has 1 aliphatic heterocycles. The summed E-state index contributed by atoms with van der Waals surface area (Å²) in [5.74, 6) is 0. The minimum Gasteiger partial charge on any atom is -0.388 e. The van der Waals surface area contributed by atoms with Gasteiger partial charge in [0.15, 0.2) is 0 Å². The second-order valence-electron chi connectivity index (χ2n) is 5.00. The first-order valence-electron chi connectivity index (χ1n) is 6.20. The highest BCUT2D eigenvalue weighted by molar-refractivity contribution is 5.54. The second kappa shape index (κ2) is 4.46. The van der Waals surface area contributed by atoms with Gasteiger partial charge in [-0.25, -0.2) is 0 Å². The molecule has 1 aromatic rings. The third kappa shape index (κ3) is 2.22. The van der Waals surface area contributed by atoms with E-state index in [4.69, 9.17) is 0 Å². The van der Waals surface area contributed by atoms with Crippen LogP contribution in [0.25, 0.3) is 0 Å². The van der Waals surface area contributed by atoms with E-state index in [1.807, 2.05) is 13.0 Å². The molecular weight excluding hydrogens is 198 g/mol. The van der Waals surface area contributed by atoms with Gasteiger partial charge in [-0.1, -0.05) is 31.5 Å². The zero-order chi connectivity index (χ0) is 11.6. The van der Waals surface area contributed by atoms with E-state index in [0.717, 1.165) is 25.7 Å². The van der Waals surface area contributed by atoms with Crippen LogP contribution in [-0.4, -0.2) is 16.7 Å². The van der Waals surface area contributed by atoms with Crippen LogP contribution in [0.15, 0.2) is 24.3 Å². The topological polar surface area (TPSA) is 32.3 Å². The van der Waals surface area contributed by atoms with Crippen molar-refractivity contribution in [3.63, 3.8) is 0 Å². The van der Waals surface area contributed by atoms with Crippen molar-refractivity contribution < 1.29 is 5.11 Å². The average molecular weight is 219 g/mol. The average Bonchev–Trinajstić information content (AvgIpc) is 2.28. The maximum atomic E-state index is 10.4. The van der Waals surface area contributed by atoms with Crippen molar-refractivity contribution in [2.24, 2.45) is 0 Å². The van der Waals surface area contributed by atoms with Crippen LogP contribution in [0.4, 0.5) is 5.69 Å². The lowest BCUT2D eigenvalue weighted by Gasteiger charge is -2.37. The quantitative estimate of drug-likeness (QED) is 0.819. The highest BCUT2D eigenvalue weighted by Gasteiger charge is 2.33.